The summed E-state index contributed by atoms with van der Waals surface area (Å²) in [5, 5.41) is 0. The molecule has 94 valence electrons. The van der Waals surface area contributed by atoms with Gasteiger partial charge in [0.2, 0.25) is 0 Å². The second kappa shape index (κ2) is 7.19. The van der Waals surface area contributed by atoms with Gasteiger partial charge in [0.05, 0.1) is 0 Å². The molecule has 1 unspecified atom stereocenters. The predicted molar refractivity (Wildman–Crippen MR) is 69.9 cm³/mol. The number of carbonyl (C=O) groups excluding carboxylic acids is 1. The number of hydrazine groups is 1. The minimum Gasteiger partial charge on any atom is -0.481 e. The molecule has 1 amide bonds. The second-order valence-electron chi connectivity index (χ2n) is 3.58. The Hall–Kier alpha value is -1.20. The molecule has 1 rings (SSSR count). The molecular weight excluding hydrogens is 236 g/mol. The first-order valence-electron chi connectivity index (χ1n) is 5.52. The minimum atomic E-state index is -0.523. The predicted octanol–water partition coefficient (Wildman–Crippen LogP) is 1.95. The summed E-state index contributed by atoms with van der Waals surface area (Å²) >= 11 is 1.66. The van der Waals surface area contributed by atoms with Gasteiger partial charge in [-0.2, -0.15) is 0 Å². The van der Waals surface area contributed by atoms with Crippen LogP contribution < -0.4 is 16.0 Å². The summed E-state index contributed by atoms with van der Waals surface area (Å²) < 4.78 is 5.61. The monoisotopic (exact) mass is 254 g/mol. The lowest BCUT2D eigenvalue weighted by Gasteiger charge is -2.16. The Morgan fingerprint density at radius 2 is 2.12 bits per heavy atom. The Morgan fingerprint density at radius 1 is 1.47 bits per heavy atom. The van der Waals surface area contributed by atoms with Gasteiger partial charge in [-0.05, 0) is 36.9 Å². The smallest absolute Gasteiger partial charge is 0.274 e. The van der Waals surface area contributed by atoms with Crippen LogP contribution in [0.5, 0.6) is 5.75 Å². The summed E-state index contributed by atoms with van der Waals surface area (Å²) in [7, 11) is 0. The molecule has 0 heterocycles. The van der Waals surface area contributed by atoms with Crippen molar-refractivity contribution in [2.24, 2.45) is 5.84 Å². The van der Waals surface area contributed by atoms with Crippen molar-refractivity contribution in [1.82, 2.24) is 5.43 Å². The van der Waals surface area contributed by atoms with Gasteiger partial charge >= 0.3 is 0 Å². The van der Waals surface area contributed by atoms with Crippen molar-refractivity contribution in [1.29, 1.82) is 0 Å². The number of nitrogens with two attached hydrogens (primary N) is 1. The maximum atomic E-state index is 11.5. The molecular formula is C12H18N2O2S. The molecule has 0 radical (unpaired) electrons. The maximum absolute atomic E-state index is 11.5. The average molecular weight is 254 g/mol. The van der Waals surface area contributed by atoms with Crippen molar-refractivity contribution in [3.63, 3.8) is 0 Å². The van der Waals surface area contributed by atoms with Gasteiger partial charge in [-0.3, -0.25) is 10.2 Å². The molecule has 0 aliphatic carbocycles. The zero-order valence-corrected chi connectivity index (χ0v) is 10.9. The van der Waals surface area contributed by atoms with E-state index >= 15 is 0 Å². The number of nitrogens with one attached hydrogen (secondary N) is 1. The molecule has 1 aromatic carbocycles. The lowest BCUT2D eigenvalue weighted by Crippen LogP contribution is -2.42. The van der Waals surface area contributed by atoms with E-state index in [4.69, 9.17) is 10.6 Å². The molecule has 5 heteroatoms. The highest BCUT2D eigenvalue weighted by Crippen LogP contribution is 2.20. The summed E-state index contributed by atoms with van der Waals surface area (Å²) in [5.41, 5.74) is 2.12. The maximum Gasteiger partial charge on any atom is 0.274 e. The number of amides is 1. The molecule has 0 aliphatic rings. The van der Waals surface area contributed by atoms with Gasteiger partial charge in [0.15, 0.2) is 6.10 Å². The Bertz CT molecular complexity index is 354. The number of thioether (sulfide) groups is 1. The van der Waals surface area contributed by atoms with Crippen molar-refractivity contribution >= 4 is 17.7 Å². The third kappa shape index (κ3) is 4.28. The number of benzene rings is 1. The van der Waals surface area contributed by atoms with Crippen LogP contribution in [0.2, 0.25) is 0 Å². The fourth-order valence-electron chi connectivity index (χ4n) is 1.42. The first-order valence-corrected chi connectivity index (χ1v) is 6.75. The van der Waals surface area contributed by atoms with Gasteiger partial charge in [0.25, 0.3) is 5.91 Å². The first kappa shape index (κ1) is 13.9. The number of hydrogen-bond acceptors (Lipinski definition) is 4. The summed E-state index contributed by atoms with van der Waals surface area (Å²) in [5.74, 6) is 5.51. The van der Waals surface area contributed by atoms with Crippen LogP contribution in [0.25, 0.3) is 0 Å². The topological polar surface area (TPSA) is 64.3 Å². The molecule has 1 aromatic rings. The van der Waals surface area contributed by atoms with E-state index in [-0.39, 0.29) is 5.91 Å². The standard InChI is InChI=1S/C12H18N2O2S/c1-3-4-11(12(15)14-13)16-9-5-7-10(17-2)8-6-9/h5-8,11H,3-4,13H2,1-2H3,(H,14,15). The molecule has 0 aliphatic heterocycles. The van der Waals surface area contributed by atoms with E-state index in [1.807, 2.05) is 37.4 Å². The van der Waals surface area contributed by atoms with Crippen molar-refractivity contribution < 1.29 is 9.53 Å². The van der Waals surface area contributed by atoms with Gasteiger partial charge in [0.1, 0.15) is 5.75 Å². The Kier molecular flexibility index (Phi) is 5.86. The molecule has 0 bridgehead atoms. The largest absolute Gasteiger partial charge is 0.481 e. The van der Waals surface area contributed by atoms with Crippen molar-refractivity contribution in [3.8, 4) is 5.75 Å². The summed E-state index contributed by atoms with van der Waals surface area (Å²) in [6.45, 7) is 2.00. The molecule has 1 atom stereocenters. The number of rotatable bonds is 6. The zero-order chi connectivity index (χ0) is 12.7. The van der Waals surface area contributed by atoms with Crippen LogP contribution in [0.3, 0.4) is 0 Å². The third-order valence-corrected chi connectivity index (χ3v) is 3.07. The van der Waals surface area contributed by atoms with Gasteiger partial charge in [-0.15, -0.1) is 11.8 Å². The van der Waals surface area contributed by atoms with Crippen molar-refractivity contribution in [2.75, 3.05) is 6.26 Å². The summed E-state index contributed by atoms with van der Waals surface area (Å²) in [6, 6.07) is 7.64. The number of hydrogen-bond donors (Lipinski definition) is 2. The zero-order valence-electron chi connectivity index (χ0n) is 10.1. The molecule has 4 nitrogen and oxygen atoms in total. The van der Waals surface area contributed by atoms with E-state index in [9.17, 15) is 4.79 Å². The normalized spacial score (nSPS) is 11.9. The van der Waals surface area contributed by atoms with Crippen LogP contribution >= 0.6 is 11.8 Å². The summed E-state index contributed by atoms with van der Waals surface area (Å²) in [4.78, 5) is 12.6. The van der Waals surface area contributed by atoms with Crippen LogP contribution in [0.4, 0.5) is 0 Å². The molecule has 0 saturated carbocycles. The van der Waals surface area contributed by atoms with Gasteiger partial charge in [-0.1, -0.05) is 13.3 Å². The highest BCUT2D eigenvalue weighted by atomic mass is 32.2. The molecule has 0 saturated heterocycles. The van der Waals surface area contributed by atoms with Crippen LogP contribution in [-0.2, 0) is 4.79 Å². The van der Waals surface area contributed by atoms with Gasteiger partial charge in [-0.25, -0.2) is 5.84 Å². The average Bonchev–Trinajstić information content (AvgIpc) is 2.38. The quantitative estimate of drug-likeness (QED) is 0.352. The second-order valence-corrected chi connectivity index (χ2v) is 4.46. The summed E-state index contributed by atoms with van der Waals surface area (Å²) in [6.07, 6.45) is 3.00. The Balaban J connectivity index is 2.68. The van der Waals surface area contributed by atoms with E-state index < -0.39 is 6.10 Å². The van der Waals surface area contributed by atoms with Crippen LogP contribution in [0.15, 0.2) is 29.2 Å². The van der Waals surface area contributed by atoms with E-state index in [0.717, 1.165) is 11.3 Å². The fourth-order valence-corrected chi connectivity index (χ4v) is 1.83. The molecule has 0 fully saturated rings. The Morgan fingerprint density at radius 3 is 2.59 bits per heavy atom. The van der Waals surface area contributed by atoms with E-state index in [1.54, 1.807) is 11.8 Å². The highest BCUT2D eigenvalue weighted by Gasteiger charge is 2.18. The third-order valence-electron chi connectivity index (χ3n) is 2.32. The van der Waals surface area contributed by atoms with Crippen molar-refractivity contribution in [2.45, 2.75) is 30.8 Å². The first-order chi connectivity index (χ1) is 8.21. The van der Waals surface area contributed by atoms with Crippen LogP contribution in [0.1, 0.15) is 19.8 Å². The number of ether oxygens (including phenoxy) is 1. The van der Waals surface area contributed by atoms with E-state index in [2.05, 4.69) is 5.43 Å². The van der Waals surface area contributed by atoms with Crippen LogP contribution in [0, 0.1) is 0 Å². The van der Waals surface area contributed by atoms with Gasteiger partial charge < -0.3 is 4.74 Å². The fraction of sp³-hybridized carbons (Fsp3) is 0.417. The van der Waals surface area contributed by atoms with Crippen LogP contribution in [-0.4, -0.2) is 18.3 Å². The SMILES string of the molecule is CCCC(Oc1ccc(SC)cc1)C(=O)NN. The van der Waals surface area contributed by atoms with E-state index in [0.29, 0.717) is 12.2 Å². The van der Waals surface area contributed by atoms with E-state index in [1.165, 1.54) is 0 Å². The molecule has 0 spiro atoms. The van der Waals surface area contributed by atoms with Gasteiger partial charge in [0, 0.05) is 4.90 Å². The lowest BCUT2D eigenvalue weighted by molar-refractivity contribution is -0.128. The molecule has 17 heavy (non-hydrogen) atoms. The van der Waals surface area contributed by atoms with Crippen molar-refractivity contribution in [3.05, 3.63) is 24.3 Å². The lowest BCUT2D eigenvalue weighted by atomic mass is 10.2. The molecule has 3 N–H and O–H groups in total. The minimum absolute atomic E-state index is 0.291. The number of carbonyl (C=O) groups is 1. The highest BCUT2D eigenvalue weighted by molar-refractivity contribution is 7.98. The molecule has 0 aromatic heterocycles. The Labute approximate surface area is 106 Å².